The molecule has 15 heavy (non-hydrogen) atoms. The number of nitriles is 1. The van der Waals surface area contributed by atoms with Crippen molar-refractivity contribution in [1.82, 2.24) is 0 Å². The van der Waals surface area contributed by atoms with Gasteiger partial charge >= 0.3 is 0 Å². The van der Waals surface area contributed by atoms with Gasteiger partial charge in [0.25, 0.3) is 0 Å². The first-order valence-electron chi connectivity index (χ1n) is 4.62. The van der Waals surface area contributed by atoms with Crippen LogP contribution in [0.2, 0.25) is 0 Å². The van der Waals surface area contributed by atoms with Crippen LogP contribution >= 0.6 is 0 Å². The largest absolute Gasteiger partial charge is 0.295 e. The lowest BCUT2D eigenvalue weighted by molar-refractivity contribution is -0.120. The van der Waals surface area contributed by atoms with Crippen molar-refractivity contribution in [2.24, 2.45) is 5.41 Å². The van der Waals surface area contributed by atoms with Gasteiger partial charge in [-0.05, 0) is 6.92 Å². The molecular weight excluding hydrogens is 188 g/mol. The molecule has 3 nitrogen and oxygen atoms in total. The van der Waals surface area contributed by atoms with Gasteiger partial charge in [0.15, 0.2) is 11.5 Å². The smallest absolute Gasteiger partial charge is 0.198 e. The van der Waals surface area contributed by atoms with E-state index in [0.29, 0.717) is 16.8 Å². The molecule has 0 saturated heterocycles. The monoisotopic (exact) mass is 200 g/mol. The van der Waals surface area contributed by atoms with Gasteiger partial charge in [0, 0.05) is 16.6 Å². The third-order valence-electron chi connectivity index (χ3n) is 2.98. The molecule has 0 atom stereocenters. The van der Waals surface area contributed by atoms with Gasteiger partial charge in [-0.25, -0.2) is 4.85 Å². The minimum absolute atomic E-state index is 0.120. The van der Waals surface area contributed by atoms with Crippen LogP contribution in [-0.4, -0.2) is 5.78 Å². The van der Waals surface area contributed by atoms with Crippen molar-refractivity contribution in [3.8, 4) is 6.07 Å². The quantitative estimate of drug-likeness (QED) is 0.343. The molecule has 0 N–H and O–H groups in total. The second kappa shape index (κ2) is 3.37. The van der Waals surface area contributed by atoms with Crippen molar-refractivity contribution >= 4 is 5.78 Å². The summed E-state index contributed by atoms with van der Waals surface area (Å²) < 4.78 is 0. The topological polar surface area (TPSA) is 45.2 Å². The van der Waals surface area contributed by atoms with Crippen molar-refractivity contribution in [3.05, 3.63) is 33.8 Å². The van der Waals surface area contributed by atoms with Crippen molar-refractivity contribution in [3.63, 3.8) is 0 Å². The summed E-state index contributed by atoms with van der Waals surface area (Å²) in [6.07, 6.45) is 0. The van der Waals surface area contributed by atoms with E-state index in [0.717, 1.165) is 5.57 Å². The van der Waals surface area contributed by atoms with Crippen molar-refractivity contribution in [1.29, 1.82) is 5.26 Å². The Morgan fingerprint density at radius 3 is 2.47 bits per heavy atom. The first-order chi connectivity index (χ1) is 6.87. The van der Waals surface area contributed by atoms with Crippen molar-refractivity contribution in [2.75, 3.05) is 0 Å². The van der Waals surface area contributed by atoms with Gasteiger partial charge in [-0.1, -0.05) is 26.3 Å². The number of carbonyl (C=O) groups is 1. The standard InChI is InChI=1S/C12H12N2O/c1-7(6-13)9-10(14-5)8(2)12(3,4)11(9)15/h1-4H3/b9-7-. The van der Waals surface area contributed by atoms with Gasteiger partial charge in [0.05, 0.1) is 12.6 Å². The predicted molar refractivity (Wildman–Crippen MR) is 56.4 cm³/mol. The lowest BCUT2D eigenvalue weighted by atomic mass is 9.84. The maximum absolute atomic E-state index is 12.0. The molecule has 0 aliphatic heterocycles. The number of hydrogen-bond acceptors (Lipinski definition) is 2. The number of ketones is 1. The summed E-state index contributed by atoms with van der Waals surface area (Å²) in [5.41, 5.74) is 1.09. The number of rotatable bonds is 0. The Labute approximate surface area is 89.5 Å². The second-order valence-corrected chi connectivity index (χ2v) is 4.15. The van der Waals surface area contributed by atoms with Gasteiger partial charge in [0.1, 0.15) is 0 Å². The maximum Gasteiger partial charge on any atom is 0.198 e. The van der Waals surface area contributed by atoms with Gasteiger partial charge in [-0.3, -0.25) is 4.79 Å². The zero-order valence-corrected chi connectivity index (χ0v) is 9.30. The first-order valence-corrected chi connectivity index (χ1v) is 4.62. The van der Waals surface area contributed by atoms with Crippen LogP contribution in [0.15, 0.2) is 22.4 Å². The Kier molecular flexibility index (Phi) is 2.51. The Morgan fingerprint density at radius 1 is 1.53 bits per heavy atom. The molecule has 0 spiro atoms. The summed E-state index contributed by atoms with van der Waals surface area (Å²) in [4.78, 5) is 15.4. The lowest BCUT2D eigenvalue weighted by Gasteiger charge is -2.17. The average molecular weight is 200 g/mol. The van der Waals surface area contributed by atoms with Crippen LogP contribution in [0.25, 0.3) is 4.85 Å². The van der Waals surface area contributed by atoms with Crippen LogP contribution in [-0.2, 0) is 4.79 Å². The third kappa shape index (κ3) is 1.37. The van der Waals surface area contributed by atoms with E-state index in [1.807, 2.05) is 6.07 Å². The van der Waals surface area contributed by atoms with E-state index in [1.165, 1.54) is 0 Å². The fraction of sp³-hybridized carbons (Fsp3) is 0.417. The number of carbonyl (C=O) groups excluding carboxylic acids is 1. The van der Waals surface area contributed by atoms with E-state index in [-0.39, 0.29) is 5.78 Å². The number of nitrogens with zero attached hydrogens (tertiary/aromatic N) is 2. The molecular formula is C12H12N2O. The van der Waals surface area contributed by atoms with E-state index < -0.39 is 5.41 Å². The number of allylic oxidation sites excluding steroid dienone is 3. The molecule has 0 amide bonds. The van der Waals surface area contributed by atoms with Crippen LogP contribution < -0.4 is 0 Å². The molecule has 1 aliphatic rings. The Balaban J connectivity index is 3.59. The normalized spacial score (nSPS) is 22.4. The van der Waals surface area contributed by atoms with E-state index >= 15 is 0 Å². The lowest BCUT2D eigenvalue weighted by Crippen LogP contribution is -2.21. The highest BCUT2D eigenvalue weighted by Crippen LogP contribution is 2.43. The molecule has 0 unspecified atom stereocenters. The van der Waals surface area contributed by atoms with Gasteiger partial charge < -0.3 is 0 Å². The predicted octanol–water partition coefficient (Wildman–Crippen LogP) is 2.63. The van der Waals surface area contributed by atoms with Crippen LogP contribution in [0.1, 0.15) is 27.7 Å². The molecule has 76 valence electrons. The summed E-state index contributed by atoms with van der Waals surface area (Å²) in [5, 5.41) is 8.80. The second-order valence-electron chi connectivity index (χ2n) is 4.15. The molecule has 1 rings (SSSR count). The molecule has 0 fully saturated rings. The minimum Gasteiger partial charge on any atom is -0.295 e. The van der Waals surface area contributed by atoms with Crippen LogP contribution in [0.4, 0.5) is 0 Å². The highest BCUT2D eigenvalue weighted by Gasteiger charge is 2.42. The van der Waals surface area contributed by atoms with Crippen LogP contribution in [0.5, 0.6) is 0 Å². The van der Waals surface area contributed by atoms with Gasteiger partial charge in [-0.15, -0.1) is 0 Å². The van der Waals surface area contributed by atoms with E-state index in [4.69, 9.17) is 11.8 Å². The minimum atomic E-state index is -0.646. The SMILES string of the molecule is [C-]#[N+]C1=C(C)C(C)(C)C(=O)/C1=C(/C)C#N. The molecule has 0 radical (unpaired) electrons. The van der Waals surface area contributed by atoms with E-state index in [9.17, 15) is 4.79 Å². The summed E-state index contributed by atoms with van der Waals surface area (Å²) in [7, 11) is 0. The molecule has 0 aromatic carbocycles. The number of Topliss-reactive ketones (excluding diaryl/α,β-unsaturated/α-hetero) is 1. The maximum atomic E-state index is 12.0. The van der Waals surface area contributed by atoms with Gasteiger partial charge in [-0.2, -0.15) is 5.26 Å². The summed E-state index contributed by atoms with van der Waals surface area (Å²) in [6, 6.07) is 1.94. The van der Waals surface area contributed by atoms with Gasteiger partial charge in [0.2, 0.25) is 0 Å². The van der Waals surface area contributed by atoms with Crippen molar-refractivity contribution < 1.29 is 4.79 Å². The Morgan fingerprint density at radius 2 is 2.07 bits per heavy atom. The third-order valence-corrected chi connectivity index (χ3v) is 2.98. The molecule has 1 aliphatic carbocycles. The molecule has 0 aromatic heterocycles. The number of hydrogen-bond donors (Lipinski definition) is 0. The molecule has 3 heteroatoms. The Bertz CT molecular complexity index is 479. The zero-order valence-electron chi connectivity index (χ0n) is 9.30. The summed E-state index contributed by atoms with van der Waals surface area (Å²) >= 11 is 0. The molecule has 0 heterocycles. The van der Waals surface area contributed by atoms with Crippen LogP contribution in [0, 0.1) is 23.3 Å². The fourth-order valence-electron chi connectivity index (χ4n) is 1.62. The molecule has 0 aromatic rings. The molecule has 0 saturated carbocycles. The fourth-order valence-corrected chi connectivity index (χ4v) is 1.62. The van der Waals surface area contributed by atoms with Crippen molar-refractivity contribution in [2.45, 2.75) is 27.7 Å². The highest BCUT2D eigenvalue weighted by molar-refractivity contribution is 6.10. The highest BCUT2D eigenvalue weighted by atomic mass is 16.1. The molecule has 0 bridgehead atoms. The Hall–Kier alpha value is -1.87. The first kappa shape index (κ1) is 11.2. The zero-order chi connectivity index (χ0) is 11.8. The average Bonchev–Trinajstić information content (AvgIpc) is 2.38. The van der Waals surface area contributed by atoms with Crippen LogP contribution in [0.3, 0.4) is 0 Å². The van der Waals surface area contributed by atoms with E-state index in [2.05, 4.69) is 4.85 Å². The van der Waals surface area contributed by atoms with E-state index in [1.54, 1.807) is 27.7 Å². The summed E-state index contributed by atoms with van der Waals surface area (Å²) in [5.74, 6) is -0.120. The summed E-state index contributed by atoms with van der Waals surface area (Å²) in [6.45, 7) is 14.0.